The summed E-state index contributed by atoms with van der Waals surface area (Å²) in [5.41, 5.74) is 1.48. The summed E-state index contributed by atoms with van der Waals surface area (Å²) >= 11 is 0. The normalized spacial score (nSPS) is 16.4. The number of nitriles is 1. The molecule has 1 aromatic carbocycles. The SMILES string of the molecule is CC[C@H](c1cc(C#N)ccc1O)N1CCNCC1.Cl.Cl. The number of hydrogen-bond donors (Lipinski definition) is 2. The van der Waals surface area contributed by atoms with Gasteiger partial charge in [-0.1, -0.05) is 6.92 Å². The number of nitrogens with zero attached hydrogens (tertiary/aromatic N) is 2. The lowest BCUT2D eigenvalue weighted by Gasteiger charge is -2.35. The van der Waals surface area contributed by atoms with Crippen molar-refractivity contribution in [2.24, 2.45) is 0 Å². The molecule has 0 amide bonds. The summed E-state index contributed by atoms with van der Waals surface area (Å²) in [5.74, 6) is 0.291. The number of halogens is 2. The number of benzene rings is 1. The van der Waals surface area contributed by atoms with Gasteiger partial charge in [0, 0.05) is 37.8 Å². The largest absolute Gasteiger partial charge is 0.508 e. The lowest BCUT2D eigenvalue weighted by molar-refractivity contribution is 0.167. The number of rotatable bonds is 3. The zero-order chi connectivity index (χ0) is 13.0. The number of aromatic hydroxyl groups is 1. The number of phenols is 1. The molecule has 1 aliphatic heterocycles. The Morgan fingerprint density at radius 3 is 2.55 bits per heavy atom. The number of phenolic OH excluding ortho intramolecular Hbond substituents is 1. The Hall–Kier alpha value is -0.990. The van der Waals surface area contributed by atoms with Crippen LogP contribution in [-0.4, -0.2) is 36.2 Å². The highest BCUT2D eigenvalue weighted by atomic mass is 35.5. The molecule has 2 rings (SSSR count). The van der Waals surface area contributed by atoms with Crippen molar-refractivity contribution >= 4 is 24.8 Å². The molecule has 1 atom stereocenters. The first kappa shape index (κ1) is 19.0. The lowest BCUT2D eigenvalue weighted by atomic mass is 9.99. The fourth-order valence-electron chi connectivity index (χ4n) is 2.56. The fourth-order valence-corrected chi connectivity index (χ4v) is 2.56. The molecule has 0 saturated carbocycles. The van der Waals surface area contributed by atoms with Gasteiger partial charge in [0.25, 0.3) is 0 Å². The molecule has 0 radical (unpaired) electrons. The van der Waals surface area contributed by atoms with Gasteiger partial charge in [0.2, 0.25) is 0 Å². The summed E-state index contributed by atoms with van der Waals surface area (Å²) in [5, 5.41) is 22.3. The van der Waals surface area contributed by atoms with Gasteiger partial charge in [-0.05, 0) is 24.6 Å². The third-order valence-corrected chi connectivity index (χ3v) is 3.49. The Balaban J connectivity index is 0.00000180. The molecule has 4 nitrogen and oxygen atoms in total. The highest BCUT2D eigenvalue weighted by molar-refractivity contribution is 5.85. The Kier molecular flexibility index (Phi) is 8.59. The van der Waals surface area contributed by atoms with E-state index < -0.39 is 0 Å². The minimum absolute atomic E-state index is 0. The smallest absolute Gasteiger partial charge is 0.120 e. The van der Waals surface area contributed by atoms with Crippen LogP contribution in [0.2, 0.25) is 0 Å². The average molecular weight is 318 g/mol. The van der Waals surface area contributed by atoms with Crippen molar-refractivity contribution in [3.63, 3.8) is 0 Å². The van der Waals surface area contributed by atoms with Crippen molar-refractivity contribution in [3.8, 4) is 11.8 Å². The predicted octanol–water partition coefficient (Wildman–Crippen LogP) is 2.46. The van der Waals surface area contributed by atoms with Crippen LogP contribution in [0.1, 0.15) is 30.5 Å². The van der Waals surface area contributed by atoms with E-state index in [0.29, 0.717) is 11.3 Å². The zero-order valence-electron chi connectivity index (χ0n) is 11.5. The molecule has 0 aliphatic carbocycles. The molecule has 0 bridgehead atoms. The maximum atomic E-state index is 10.0. The number of nitrogens with one attached hydrogen (secondary N) is 1. The highest BCUT2D eigenvalue weighted by Crippen LogP contribution is 2.31. The fraction of sp³-hybridized carbons (Fsp3) is 0.500. The molecule has 112 valence electrons. The molecule has 1 saturated heterocycles. The topological polar surface area (TPSA) is 59.3 Å². The van der Waals surface area contributed by atoms with Crippen molar-refractivity contribution in [2.75, 3.05) is 26.2 Å². The van der Waals surface area contributed by atoms with Crippen molar-refractivity contribution in [1.82, 2.24) is 10.2 Å². The Bertz CT molecular complexity index is 456. The second-order valence-corrected chi connectivity index (χ2v) is 4.60. The third-order valence-electron chi connectivity index (χ3n) is 3.49. The second-order valence-electron chi connectivity index (χ2n) is 4.60. The summed E-state index contributed by atoms with van der Waals surface area (Å²) in [6, 6.07) is 7.42. The van der Waals surface area contributed by atoms with Crippen molar-refractivity contribution in [3.05, 3.63) is 29.3 Å². The van der Waals surface area contributed by atoms with Crippen LogP contribution in [0.15, 0.2) is 18.2 Å². The van der Waals surface area contributed by atoms with Crippen LogP contribution in [0.25, 0.3) is 0 Å². The molecule has 1 heterocycles. The number of hydrogen-bond acceptors (Lipinski definition) is 4. The van der Waals surface area contributed by atoms with Gasteiger partial charge in [-0.2, -0.15) is 5.26 Å². The van der Waals surface area contributed by atoms with Crippen LogP contribution >= 0.6 is 24.8 Å². The van der Waals surface area contributed by atoms with Gasteiger partial charge in [-0.15, -0.1) is 24.8 Å². The first-order valence-corrected chi connectivity index (χ1v) is 6.44. The first-order chi connectivity index (χ1) is 8.76. The van der Waals surface area contributed by atoms with E-state index in [9.17, 15) is 5.11 Å². The summed E-state index contributed by atoms with van der Waals surface area (Å²) < 4.78 is 0. The van der Waals surface area contributed by atoms with E-state index in [1.807, 2.05) is 6.07 Å². The molecular formula is C14H21Cl2N3O. The minimum Gasteiger partial charge on any atom is -0.508 e. The van der Waals surface area contributed by atoms with Crippen molar-refractivity contribution < 1.29 is 5.11 Å². The summed E-state index contributed by atoms with van der Waals surface area (Å²) in [6.07, 6.45) is 0.933. The average Bonchev–Trinajstić information content (AvgIpc) is 2.43. The van der Waals surface area contributed by atoms with Crippen LogP contribution < -0.4 is 5.32 Å². The van der Waals surface area contributed by atoms with Crippen molar-refractivity contribution in [2.45, 2.75) is 19.4 Å². The van der Waals surface area contributed by atoms with Crippen LogP contribution in [0.3, 0.4) is 0 Å². The van der Waals surface area contributed by atoms with Crippen LogP contribution in [0.5, 0.6) is 5.75 Å². The van der Waals surface area contributed by atoms with Gasteiger partial charge in [0.05, 0.1) is 11.6 Å². The highest BCUT2D eigenvalue weighted by Gasteiger charge is 2.23. The predicted molar refractivity (Wildman–Crippen MR) is 84.8 cm³/mol. The van der Waals surface area contributed by atoms with Gasteiger partial charge >= 0.3 is 0 Å². The molecule has 1 aliphatic rings. The van der Waals surface area contributed by atoms with Gasteiger partial charge in [0.1, 0.15) is 5.75 Å². The summed E-state index contributed by atoms with van der Waals surface area (Å²) in [7, 11) is 0. The standard InChI is InChI=1S/C14H19N3O.2ClH/c1-2-13(17-7-5-16-6-8-17)12-9-11(10-15)3-4-14(12)18;;/h3-4,9,13,16,18H,2,5-8H2,1H3;2*1H/t13-;;/m1../s1. The quantitative estimate of drug-likeness (QED) is 0.899. The third kappa shape index (κ3) is 4.26. The molecule has 2 N–H and O–H groups in total. The molecule has 6 heteroatoms. The van der Waals surface area contributed by atoms with E-state index in [1.54, 1.807) is 12.1 Å². The second kappa shape index (κ2) is 9.04. The van der Waals surface area contributed by atoms with Crippen LogP contribution in [0.4, 0.5) is 0 Å². The van der Waals surface area contributed by atoms with Crippen LogP contribution in [0, 0.1) is 11.3 Å². The Morgan fingerprint density at radius 2 is 2.00 bits per heavy atom. The molecule has 0 aromatic heterocycles. The first-order valence-electron chi connectivity index (χ1n) is 6.44. The molecule has 1 aromatic rings. The van der Waals surface area contributed by atoms with E-state index in [1.165, 1.54) is 0 Å². The van der Waals surface area contributed by atoms with E-state index >= 15 is 0 Å². The van der Waals surface area contributed by atoms with E-state index in [4.69, 9.17) is 5.26 Å². The molecular weight excluding hydrogens is 297 g/mol. The monoisotopic (exact) mass is 317 g/mol. The molecule has 1 fully saturated rings. The summed E-state index contributed by atoms with van der Waals surface area (Å²) in [4.78, 5) is 2.37. The maximum absolute atomic E-state index is 10.0. The van der Waals surface area contributed by atoms with Gasteiger partial charge in [-0.3, -0.25) is 4.90 Å². The lowest BCUT2D eigenvalue weighted by Crippen LogP contribution is -2.45. The Morgan fingerprint density at radius 1 is 1.35 bits per heavy atom. The maximum Gasteiger partial charge on any atom is 0.120 e. The zero-order valence-corrected chi connectivity index (χ0v) is 13.1. The van der Waals surface area contributed by atoms with E-state index in [-0.39, 0.29) is 30.9 Å². The minimum atomic E-state index is 0. The van der Waals surface area contributed by atoms with E-state index in [2.05, 4.69) is 23.2 Å². The number of piperazine rings is 1. The summed E-state index contributed by atoms with van der Waals surface area (Å²) in [6.45, 7) is 6.04. The molecule has 0 unspecified atom stereocenters. The van der Waals surface area contributed by atoms with E-state index in [0.717, 1.165) is 38.2 Å². The van der Waals surface area contributed by atoms with Gasteiger partial charge in [-0.25, -0.2) is 0 Å². The molecule has 20 heavy (non-hydrogen) atoms. The van der Waals surface area contributed by atoms with Crippen LogP contribution in [-0.2, 0) is 0 Å². The van der Waals surface area contributed by atoms with Gasteiger partial charge in [0.15, 0.2) is 0 Å². The molecule has 0 spiro atoms. The van der Waals surface area contributed by atoms with Crippen molar-refractivity contribution in [1.29, 1.82) is 5.26 Å². The van der Waals surface area contributed by atoms with Gasteiger partial charge < -0.3 is 10.4 Å². The Labute approximate surface area is 132 Å².